The van der Waals surface area contributed by atoms with Gasteiger partial charge >= 0.3 is 6.09 Å². The zero-order valence-electron chi connectivity index (χ0n) is 23.9. The summed E-state index contributed by atoms with van der Waals surface area (Å²) in [5.74, 6) is -0.227. The van der Waals surface area contributed by atoms with Gasteiger partial charge in [0.05, 0.1) is 20.2 Å². The van der Waals surface area contributed by atoms with Gasteiger partial charge in [-0.2, -0.15) is 4.79 Å². The molecule has 1 fully saturated rings. The number of H-pyrrole nitrogens is 1. The number of nitrogens with zero attached hydrogens (tertiary/aromatic N) is 1. The van der Waals surface area contributed by atoms with Crippen LogP contribution >= 0.6 is 0 Å². The predicted octanol–water partition coefficient (Wildman–Crippen LogP) is 9.41. The van der Waals surface area contributed by atoms with Crippen LogP contribution in [-0.4, -0.2) is 41.8 Å². The van der Waals surface area contributed by atoms with Gasteiger partial charge in [-0.1, -0.05) is 69.8 Å². The summed E-state index contributed by atoms with van der Waals surface area (Å²) in [5, 5.41) is 0.915. The number of rotatable bonds is 17. The van der Waals surface area contributed by atoms with Crippen molar-refractivity contribution < 1.29 is 18.4 Å². The number of benzene rings is 1. The molecule has 5 heteroatoms. The van der Waals surface area contributed by atoms with Crippen LogP contribution in [0.1, 0.15) is 102 Å². The number of likely N-dealkylation sites (N-methyl/N-ethyl adjacent to an activating group) is 1. The largest absolute Gasteiger partial charge is 0.516 e. The first-order valence-corrected chi connectivity index (χ1v) is 15.1. The molecule has 0 spiro atoms. The number of hydrogen-bond donors (Lipinski definition) is 1. The Labute approximate surface area is 229 Å². The van der Waals surface area contributed by atoms with Crippen LogP contribution in [0.25, 0.3) is 10.9 Å². The van der Waals surface area contributed by atoms with Gasteiger partial charge in [0.25, 0.3) is 0 Å². The van der Waals surface area contributed by atoms with Crippen LogP contribution in [0.2, 0.25) is 0 Å². The van der Waals surface area contributed by atoms with Gasteiger partial charge in [-0.3, -0.25) is 0 Å². The third-order valence-corrected chi connectivity index (χ3v) is 8.14. The Morgan fingerprint density at radius 1 is 1.03 bits per heavy atom. The van der Waals surface area contributed by atoms with Crippen LogP contribution in [0.5, 0.6) is 0 Å². The molecule has 1 aromatic heterocycles. The number of quaternary nitrogens is 1. The molecule has 0 aliphatic carbocycles. The normalized spacial score (nSPS) is 19.8. The van der Waals surface area contributed by atoms with E-state index in [9.17, 15) is 9.18 Å². The Morgan fingerprint density at radius 3 is 2.50 bits per heavy atom. The van der Waals surface area contributed by atoms with Crippen LogP contribution in [0.3, 0.4) is 0 Å². The highest BCUT2D eigenvalue weighted by atomic mass is 19.1. The number of ether oxygens (including phenoxy) is 1. The van der Waals surface area contributed by atoms with E-state index in [1.54, 1.807) is 12.1 Å². The van der Waals surface area contributed by atoms with Gasteiger partial charge in [0.15, 0.2) is 0 Å². The number of amides is 1. The fourth-order valence-electron chi connectivity index (χ4n) is 5.64. The zero-order chi connectivity index (χ0) is 27.1. The number of halogens is 1. The molecule has 2 atom stereocenters. The number of likely N-dealkylation sites (tertiary alicyclic amines) is 1. The van der Waals surface area contributed by atoms with Crippen LogP contribution in [0.15, 0.2) is 48.7 Å². The predicted molar refractivity (Wildman–Crippen MR) is 157 cm³/mol. The standard InChI is InChI=1S/C33H50FN2O2/c1-3-4-5-6-7-8-9-10-11-12-13-14-15-16-17-18-24-38-33(37)36(2)23-19-20-30(36)25-28-27-35-32-22-21-29(34)26-31(28)32/h7-8,10-11,21-22,26-27,30,35H,3-6,9,12-20,23-25H2,1-2H3/q+1/b8-7-,11-10-. The Bertz CT molecular complexity index is 1030. The molecule has 2 unspecified atom stereocenters. The average molecular weight is 526 g/mol. The van der Waals surface area contributed by atoms with Gasteiger partial charge in [0.1, 0.15) is 11.9 Å². The van der Waals surface area contributed by atoms with E-state index < -0.39 is 0 Å². The summed E-state index contributed by atoms with van der Waals surface area (Å²) in [4.78, 5) is 16.3. The molecular formula is C33H50FN2O2+. The molecule has 0 saturated carbocycles. The van der Waals surface area contributed by atoms with E-state index in [1.165, 1.54) is 63.9 Å². The van der Waals surface area contributed by atoms with E-state index in [2.05, 4.69) is 36.2 Å². The molecule has 1 saturated heterocycles. The molecular weight excluding hydrogens is 475 g/mol. The monoisotopic (exact) mass is 525 g/mol. The first-order chi connectivity index (χ1) is 18.5. The molecule has 1 aliphatic heterocycles. The molecule has 0 bridgehead atoms. The van der Waals surface area contributed by atoms with Gasteiger partial charge in [-0.05, 0) is 62.3 Å². The van der Waals surface area contributed by atoms with Crippen molar-refractivity contribution in [3.05, 3.63) is 60.1 Å². The third-order valence-electron chi connectivity index (χ3n) is 8.14. The maximum absolute atomic E-state index is 13.8. The number of allylic oxidation sites excluding steroid dienone is 4. The summed E-state index contributed by atoms with van der Waals surface area (Å²) in [6, 6.07) is 5.01. The molecule has 4 nitrogen and oxygen atoms in total. The highest BCUT2D eigenvalue weighted by Gasteiger charge is 2.46. The lowest BCUT2D eigenvalue weighted by Crippen LogP contribution is -2.53. The van der Waals surface area contributed by atoms with Crippen molar-refractivity contribution in [2.45, 2.75) is 109 Å². The number of aromatic amines is 1. The molecule has 1 aromatic carbocycles. The summed E-state index contributed by atoms with van der Waals surface area (Å²) in [6.45, 7) is 3.56. The Morgan fingerprint density at radius 2 is 1.74 bits per heavy atom. The van der Waals surface area contributed by atoms with E-state index >= 15 is 0 Å². The Balaban J connectivity index is 1.25. The maximum Gasteiger partial charge on any atom is 0.516 e. The number of fused-ring (bicyclic) bond motifs is 1. The van der Waals surface area contributed by atoms with Crippen molar-refractivity contribution >= 4 is 17.0 Å². The molecule has 2 aromatic rings. The van der Waals surface area contributed by atoms with Crippen molar-refractivity contribution in [1.29, 1.82) is 0 Å². The minimum Gasteiger partial charge on any atom is -0.420 e. The van der Waals surface area contributed by atoms with E-state index in [0.717, 1.165) is 61.5 Å². The number of carbonyl (C=O) groups is 1. The summed E-state index contributed by atoms with van der Waals surface area (Å²) in [6.07, 6.45) is 28.2. The second kappa shape index (κ2) is 16.5. The number of nitrogens with one attached hydrogen (secondary N) is 1. The van der Waals surface area contributed by atoms with Crippen LogP contribution in [-0.2, 0) is 11.2 Å². The second-order valence-electron chi connectivity index (χ2n) is 11.2. The van der Waals surface area contributed by atoms with Crippen LogP contribution in [0, 0.1) is 5.82 Å². The lowest BCUT2D eigenvalue weighted by molar-refractivity contribution is -0.850. The van der Waals surface area contributed by atoms with Crippen LogP contribution in [0.4, 0.5) is 9.18 Å². The molecule has 0 radical (unpaired) electrons. The van der Waals surface area contributed by atoms with E-state index in [1.807, 2.05) is 13.2 Å². The van der Waals surface area contributed by atoms with Gasteiger partial charge in [0, 0.05) is 36.4 Å². The van der Waals surface area contributed by atoms with Crippen molar-refractivity contribution in [3.8, 4) is 0 Å². The lowest BCUT2D eigenvalue weighted by Gasteiger charge is -2.31. The SMILES string of the molecule is CCCCC/C=C\C/C=C\CCCCCCCCOC(=O)[N+]1(C)CCCC1Cc1c[nH]c2ccc(F)cc12. The highest BCUT2D eigenvalue weighted by molar-refractivity contribution is 5.83. The highest BCUT2D eigenvalue weighted by Crippen LogP contribution is 2.31. The first kappa shape index (κ1) is 30.1. The van der Waals surface area contributed by atoms with Gasteiger partial charge in [-0.15, -0.1) is 0 Å². The zero-order valence-corrected chi connectivity index (χ0v) is 23.9. The lowest BCUT2D eigenvalue weighted by atomic mass is 10.0. The molecule has 1 amide bonds. The molecule has 210 valence electrons. The number of unbranched alkanes of at least 4 members (excludes halogenated alkanes) is 9. The van der Waals surface area contributed by atoms with Crippen molar-refractivity contribution in [2.24, 2.45) is 0 Å². The van der Waals surface area contributed by atoms with Crippen LogP contribution < -0.4 is 0 Å². The van der Waals surface area contributed by atoms with Gasteiger partial charge in [-0.25, -0.2) is 8.87 Å². The Hall–Kier alpha value is -2.40. The van der Waals surface area contributed by atoms with E-state index in [0.29, 0.717) is 11.1 Å². The van der Waals surface area contributed by atoms with Gasteiger partial charge < -0.3 is 9.72 Å². The smallest absolute Gasteiger partial charge is 0.420 e. The second-order valence-corrected chi connectivity index (χ2v) is 11.2. The molecule has 3 rings (SSSR count). The molecule has 38 heavy (non-hydrogen) atoms. The number of carbonyl (C=O) groups excluding carboxylic acids is 1. The number of hydrogen-bond acceptors (Lipinski definition) is 2. The fourth-order valence-corrected chi connectivity index (χ4v) is 5.64. The minimum atomic E-state index is -0.227. The quantitative estimate of drug-likeness (QED) is 0.127. The molecule has 1 N–H and O–H groups in total. The van der Waals surface area contributed by atoms with E-state index in [-0.39, 0.29) is 18.0 Å². The summed E-state index contributed by atoms with van der Waals surface area (Å²) >= 11 is 0. The van der Waals surface area contributed by atoms with Crippen molar-refractivity contribution in [2.75, 3.05) is 20.2 Å². The molecule has 2 heterocycles. The third kappa shape index (κ3) is 9.41. The minimum absolute atomic E-state index is 0.110. The maximum atomic E-state index is 13.8. The Kier molecular flexibility index (Phi) is 13.1. The summed E-state index contributed by atoms with van der Waals surface area (Å²) in [7, 11) is 2.01. The molecule has 1 aliphatic rings. The fraction of sp³-hybridized carbons (Fsp3) is 0.606. The average Bonchev–Trinajstić information content (AvgIpc) is 3.49. The summed E-state index contributed by atoms with van der Waals surface area (Å²) < 4.78 is 19.9. The topological polar surface area (TPSA) is 42.1 Å². The van der Waals surface area contributed by atoms with E-state index in [4.69, 9.17) is 4.74 Å². The van der Waals surface area contributed by atoms with Gasteiger partial charge in [0.2, 0.25) is 0 Å². The van der Waals surface area contributed by atoms with Crippen molar-refractivity contribution in [1.82, 2.24) is 4.98 Å². The summed E-state index contributed by atoms with van der Waals surface area (Å²) in [5.41, 5.74) is 2.02. The first-order valence-electron chi connectivity index (χ1n) is 15.1. The number of aromatic nitrogens is 1. The van der Waals surface area contributed by atoms with Crippen molar-refractivity contribution in [3.63, 3.8) is 0 Å².